The maximum Gasteiger partial charge on any atom is 0.410 e. The predicted molar refractivity (Wildman–Crippen MR) is 103 cm³/mol. The Bertz CT molecular complexity index is 748. The van der Waals surface area contributed by atoms with Crippen molar-refractivity contribution in [3.63, 3.8) is 0 Å². The van der Waals surface area contributed by atoms with Gasteiger partial charge in [0.1, 0.15) is 11.4 Å². The molecule has 0 radical (unpaired) electrons. The van der Waals surface area contributed by atoms with Gasteiger partial charge >= 0.3 is 6.09 Å². The first-order valence-electron chi connectivity index (χ1n) is 9.40. The summed E-state index contributed by atoms with van der Waals surface area (Å²) in [6.45, 7) is 7.21. The van der Waals surface area contributed by atoms with E-state index in [-0.39, 0.29) is 24.4 Å². The Balaban J connectivity index is 1.83. The third kappa shape index (κ3) is 6.24. The second-order valence-electron chi connectivity index (χ2n) is 7.75. The van der Waals surface area contributed by atoms with E-state index in [4.69, 9.17) is 19.5 Å². The standard InChI is InChI=1S/C21H28N2O5/c1-21(2,3)28-20(25)23-11-8-16(14-23)27-12-9-15-5-6-17(18(24)7-10-22)19(13-15)26-4/h5-6,13,16H,7-9,11-12,14H2,1-4H3/t16-/m1/s1. The van der Waals surface area contributed by atoms with Crippen molar-refractivity contribution < 1.29 is 23.8 Å². The van der Waals surface area contributed by atoms with Crippen LogP contribution in [0.3, 0.4) is 0 Å². The van der Waals surface area contributed by atoms with Crippen molar-refractivity contribution in [3.8, 4) is 11.8 Å². The minimum Gasteiger partial charge on any atom is -0.496 e. The lowest BCUT2D eigenvalue weighted by molar-refractivity contribution is 0.0213. The summed E-state index contributed by atoms with van der Waals surface area (Å²) in [4.78, 5) is 25.7. The summed E-state index contributed by atoms with van der Waals surface area (Å²) in [5.41, 5.74) is 0.889. The van der Waals surface area contributed by atoms with Crippen LogP contribution in [0.5, 0.6) is 5.75 Å². The summed E-state index contributed by atoms with van der Waals surface area (Å²) in [6.07, 6.45) is 0.956. The van der Waals surface area contributed by atoms with Crippen LogP contribution >= 0.6 is 0 Å². The molecule has 152 valence electrons. The molecule has 7 heteroatoms. The number of rotatable bonds is 7. The van der Waals surface area contributed by atoms with E-state index >= 15 is 0 Å². The molecule has 1 aromatic rings. The first-order valence-corrected chi connectivity index (χ1v) is 9.40. The van der Waals surface area contributed by atoms with Crippen molar-refractivity contribution in [1.29, 1.82) is 5.26 Å². The number of carbonyl (C=O) groups excluding carboxylic acids is 2. The zero-order valence-corrected chi connectivity index (χ0v) is 17.0. The number of ketones is 1. The Hall–Kier alpha value is -2.59. The number of Topliss-reactive ketones (excluding diaryl/α,β-unsaturated/α-hetero) is 1. The zero-order chi connectivity index (χ0) is 20.7. The van der Waals surface area contributed by atoms with Crippen molar-refractivity contribution in [2.75, 3.05) is 26.8 Å². The summed E-state index contributed by atoms with van der Waals surface area (Å²) >= 11 is 0. The number of amides is 1. The highest BCUT2D eigenvalue weighted by molar-refractivity contribution is 5.99. The molecule has 1 saturated heterocycles. The zero-order valence-electron chi connectivity index (χ0n) is 17.0. The van der Waals surface area contributed by atoms with Gasteiger partial charge in [0.15, 0.2) is 5.78 Å². The third-order valence-electron chi connectivity index (χ3n) is 4.35. The topological polar surface area (TPSA) is 88.9 Å². The van der Waals surface area contributed by atoms with Crippen LogP contribution in [-0.2, 0) is 15.9 Å². The molecule has 1 aliphatic rings. The van der Waals surface area contributed by atoms with Gasteiger partial charge in [-0.15, -0.1) is 0 Å². The molecule has 0 aromatic heterocycles. The van der Waals surface area contributed by atoms with E-state index in [9.17, 15) is 9.59 Å². The summed E-state index contributed by atoms with van der Waals surface area (Å²) in [6, 6.07) is 7.19. The normalized spacial score (nSPS) is 16.5. The summed E-state index contributed by atoms with van der Waals surface area (Å²) in [5.74, 6) is 0.213. The van der Waals surface area contributed by atoms with Gasteiger partial charge in [0.05, 0.1) is 44.4 Å². The molecule has 1 heterocycles. The van der Waals surface area contributed by atoms with Gasteiger partial charge in [-0.2, -0.15) is 5.26 Å². The molecule has 0 bridgehead atoms. The summed E-state index contributed by atoms with van der Waals surface area (Å²) in [7, 11) is 1.50. The van der Waals surface area contributed by atoms with E-state index in [1.54, 1.807) is 17.0 Å². The van der Waals surface area contributed by atoms with E-state index in [1.165, 1.54) is 7.11 Å². The number of hydrogen-bond acceptors (Lipinski definition) is 6. The molecule has 1 aliphatic heterocycles. The van der Waals surface area contributed by atoms with Gasteiger partial charge < -0.3 is 19.1 Å². The fourth-order valence-corrected chi connectivity index (χ4v) is 2.99. The minimum atomic E-state index is -0.504. The van der Waals surface area contributed by atoms with Crippen molar-refractivity contribution >= 4 is 11.9 Å². The number of methoxy groups -OCH3 is 1. The molecule has 0 spiro atoms. The lowest BCUT2D eigenvalue weighted by Crippen LogP contribution is -2.36. The average Bonchev–Trinajstić information content (AvgIpc) is 3.09. The van der Waals surface area contributed by atoms with Gasteiger partial charge in [0, 0.05) is 6.54 Å². The third-order valence-corrected chi connectivity index (χ3v) is 4.35. The SMILES string of the molecule is COc1cc(CCO[C@@H]2CCN(C(=O)OC(C)(C)C)C2)ccc1C(=O)CC#N. The monoisotopic (exact) mass is 388 g/mol. The number of likely N-dealkylation sites (tertiary alicyclic amines) is 1. The van der Waals surface area contributed by atoms with Crippen LogP contribution in [0.2, 0.25) is 0 Å². The molecule has 0 N–H and O–H groups in total. The molecular weight excluding hydrogens is 360 g/mol. The maximum absolute atomic E-state index is 12.1. The highest BCUT2D eigenvalue weighted by Gasteiger charge is 2.30. The van der Waals surface area contributed by atoms with Crippen LogP contribution in [0.1, 0.15) is 49.5 Å². The van der Waals surface area contributed by atoms with E-state index in [0.717, 1.165) is 12.0 Å². The molecule has 1 aromatic carbocycles. The second kappa shape index (κ2) is 9.56. The summed E-state index contributed by atoms with van der Waals surface area (Å²) < 4.78 is 16.6. The first kappa shape index (κ1) is 21.7. The Kier molecular flexibility index (Phi) is 7.41. The molecule has 1 amide bonds. The van der Waals surface area contributed by atoms with Crippen molar-refractivity contribution in [2.45, 2.75) is 51.7 Å². The molecular formula is C21H28N2O5. The second-order valence-corrected chi connectivity index (χ2v) is 7.75. The number of ether oxygens (including phenoxy) is 3. The van der Waals surface area contributed by atoms with Crippen molar-refractivity contribution in [3.05, 3.63) is 29.3 Å². The molecule has 0 saturated carbocycles. The number of nitrogens with zero attached hydrogens (tertiary/aromatic N) is 2. The van der Waals surface area contributed by atoms with Crippen LogP contribution in [-0.4, -0.2) is 55.3 Å². The lowest BCUT2D eigenvalue weighted by atomic mass is 10.0. The van der Waals surface area contributed by atoms with Crippen LogP contribution < -0.4 is 4.74 Å². The number of benzene rings is 1. The van der Waals surface area contributed by atoms with E-state index in [1.807, 2.05) is 32.9 Å². The Morgan fingerprint density at radius 2 is 2.07 bits per heavy atom. The number of carbonyl (C=O) groups is 2. The predicted octanol–water partition coefficient (Wildman–Crippen LogP) is 3.36. The van der Waals surface area contributed by atoms with Crippen LogP contribution in [0.15, 0.2) is 18.2 Å². The number of nitriles is 1. The fraction of sp³-hybridized carbons (Fsp3) is 0.571. The lowest BCUT2D eigenvalue weighted by Gasteiger charge is -2.24. The van der Waals surface area contributed by atoms with Crippen LogP contribution in [0, 0.1) is 11.3 Å². The van der Waals surface area contributed by atoms with Gasteiger partial charge in [-0.3, -0.25) is 4.79 Å². The van der Waals surface area contributed by atoms with Crippen LogP contribution in [0.25, 0.3) is 0 Å². The van der Waals surface area contributed by atoms with Gasteiger partial charge in [-0.25, -0.2) is 4.79 Å². The average molecular weight is 388 g/mol. The smallest absolute Gasteiger partial charge is 0.410 e. The molecule has 1 atom stereocenters. The van der Waals surface area contributed by atoms with Gasteiger partial charge in [0.25, 0.3) is 0 Å². The molecule has 28 heavy (non-hydrogen) atoms. The molecule has 0 unspecified atom stereocenters. The van der Waals surface area contributed by atoms with E-state index < -0.39 is 5.60 Å². The number of hydrogen-bond donors (Lipinski definition) is 0. The molecule has 1 fully saturated rings. The largest absolute Gasteiger partial charge is 0.496 e. The Morgan fingerprint density at radius 3 is 2.71 bits per heavy atom. The molecule has 0 aliphatic carbocycles. The Labute approximate surface area is 166 Å². The van der Waals surface area contributed by atoms with Crippen LogP contribution in [0.4, 0.5) is 4.79 Å². The van der Waals surface area contributed by atoms with E-state index in [0.29, 0.717) is 37.4 Å². The fourth-order valence-electron chi connectivity index (χ4n) is 2.99. The van der Waals surface area contributed by atoms with Crippen molar-refractivity contribution in [1.82, 2.24) is 4.90 Å². The molecule has 2 rings (SSSR count). The first-order chi connectivity index (χ1) is 13.2. The quantitative estimate of drug-likeness (QED) is 0.666. The summed E-state index contributed by atoms with van der Waals surface area (Å²) in [5, 5.41) is 8.68. The van der Waals surface area contributed by atoms with Gasteiger partial charge in [-0.05, 0) is 51.3 Å². The highest BCUT2D eigenvalue weighted by atomic mass is 16.6. The Morgan fingerprint density at radius 1 is 1.32 bits per heavy atom. The minimum absolute atomic E-state index is 0.00843. The van der Waals surface area contributed by atoms with E-state index in [2.05, 4.69) is 0 Å². The van der Waals surface area contributed by atoms with Gasteiger partial charge in [0.2, 0.25) is 0 Å². The van der Waals surface area contributed by atoms with Gasteiger partial charge in [-0.1, -0.05) is 6.07 Å². The highest BCUT2D eigenvalue weighted by Crippen LogP contribution is 2.23. The maximum atomic E-state index is 12.1. The molecule has 7 nitrogen and oxygen atoms in total. The van der Waals surface area contributed by atoms with Crippen molar-refractivity contribution in [2.24, 2.45) is 0 Å².